The molecule has 0 unspecified atom stereocenters. The van der Waals surface area contributed by atoms with Crippen molar-refractivity contribution < 1.29 is 14.4 Å². The summed E-state index contributed by atoms with van der Waals surface area (Å²) in [4.78, 5) is 23.2. The summed E-state index contributed by atoms with van der Waals surface area (Å²) in [7, 11) is 3.08. The molecule has 0 spiro atoms. The smallest absolute Gasteiger partial charge is 0.273 e. The van der Waals surface area contributed by atoms with Crippen molar-refractivity contribution >= 4 is 22.4 Å². The molecule has 2 heterocycles. The first-order valence-electron chi connectivity index (χ1n) is 8.69. The van der Waals surface area contributed by atoms with Gasteiger partial charge in [-0.05, 0) is 25.1 Å². The minimum Gasteiger partial charge on any atom is -0.493 e. The summed E-state index contributed by atoms with van der Waals surface area (Å²) in [6, 6.07) is 9.64. The molecule has 0 N–H and O–H groups in total. The molecule has 0 aliphatic heterocycles. The first kappa shape index (κ1) is 18.4. The highest BCUT2D eigenvalue weighted by Gasteiger charge is 2.17. The van der Waals surface area contributed by atoms with Crippen LogP contribution in [0.3, 0.4) is 0 Å². The van der Waals surface area contributed by atoms with Crippen molar-refractivity contribution in [3.63, 3.8) is 0 Å². The lowest BCUT2D eigenvalue weighted by Gasteiger charge is -2.11. The van der Waals surface area contributed by atoms with Gasteiger partial charge < -0.3 is 9.47 Å². The third kappa shape index (κ3) is 3.04. The van der Waals surface area contributed by atoms with Gasteiger partial charge in [0.2, 0.25) is 5.78 Å². The summed E-state index contributed by atoms with van der Waals surface area (Å²) in [5.74, 6) is 1.38. The molecule has 2 aromatic carbocycles. The van der Waals surface area contributed by atoms with E-state index in [9.17, 15) is 14.9 Å². The Kier molecular flexibility index (Phi) is 4.38. The predicted molar refractivity (Wildman–Crippen MR) is 104 cm³/mol. The average Bonchev–Trinajstić information content (AvgIpc) is 3.14. The Morgan fingerprint density at radius 2 is 1.93 bits per heavy atom. The normalized spacial score (nSPS) is 11.1. The largest absolute Gasteiger partial charge is 0.493 e. The van der Waals surface area contributed by atoms with Crippen molar-refractivity contribution in [1.29, 1.82) is 0 Å². The third-order valence-corrected chi connectivity index (χ3v) is 4.66. The Bertz CT molecular complexity index is 1320. The maximum Gasteiger partial charge on any atom is 0.273 e. The number of rotatable bonds is 5. The van der Waals surface area contributed by atoms with Gasteiger partial charge in [-0.3, -0.25) is 23.9 Å². The topological polar surface area (TPSA) is 114 Å². The molecule has 2 aromatic heterocycles. The molecule has 4 rings (SSSR count). The lowest BCUT2D eigenvalue weighted by Crippen LogP contribution is -2.20. The fourth-order valence-electron chi connectivity index (χ4n) is 3.19. The van der Waals surface area contributed by atoms with E-state index in [0.717, 1.165) is 5.56 Å². The molecule has 10 nitrogen and oxygen atoms in total. The summed E-state index contributed by atoms with van der Waals surface area (Å²) in [5.41, 5.74) is 1.33. The molecule has 29 heavy (non-hydrogen) atoms. The lowest BCUT2D eigenvalue weighted by molar-refractivity contribution is -0.385. The van der Waals surface area contributed by atoms with E-state index >= 15 is 0 Å². The monoisotopic (exact) mass is 395 g/mol. The first-order valence-corrected chi connectivity index (χ1v) is 8.69. The van der Waals surface area contributed by atoms with Crippen LogP contribution in [0.1, 0.15) is 11.4 Å². The summed E-state index contributed by atoms with van der Waals surface area (Å²) in [5, 5.41) is 19.9. The number of hydrogen-bond donors (Lipinski definition) is 0. The summed E-state index contributed by atoms with van der Waals surface area (Å²) < 4.78 is 14.2. The molecule has 0 fully saturated rings. The zero-order chi connectivity index (χ0) is 20.7. The number of non-ortho nitro benzene ring substituents is 1. The second-order valence-electron chi connectivity index (χ2n) is 6.52. The minimum atomic E-state index is -0.510. The Labute approximate surface area is 164 Å². The molecular formula is C19H17N5O5. The number of nitro benzene ring substituents is 1. The van der Waals surface area contributed by atoms with E-state index in [4.69, 9.17) is 9.47 Å². The van der Waals surface area contributed by atoms with E-state index in [2.05, 4.69) is 10.2 Å². The van der Waals surface area contributed by atoms with E-state index < -0.39 is 4.92 Å². The lowest BCUT2D eigenvalue weighted by atomic mass is 10.1. The van der Waals surface area contributed by atoms with Crippen LogP contribution < -0.4 is 15.0 Å². The second kappa shape index (κ2) is 6.89. The van der Waals surface area contributed by atoms with Gasteiger partial charge in [0.05, 0.1) is 29.0 Å². The number of benzene rings is 2. The van der Waals surface area contributed by atoms with Crippen LogP contribution in [0.5, 0.6) is 11.5 Å². The molecule has 4 aromatic rings. The third-order valence-electron chi connectivity index (χ3n) is 4.66. The van der Waals surface area contributed by atoms with Gasteiger partial charge in [0.15, 0.2) is 17.3 Å². The number of nitro groups is 1. The number of aryl methyl sites for hydroxylation is 2. The number of methoxy groups -OCH3 is 1. The summed E-state index contributed by atoms with van der Waals surface area (Å²) in [6.07, 6.45) is 0. The van der Waals surface area contributed by atoms with Crippen molar-refractivity contribution in [2.45, 2.75) is 13.5 Å². The molecule has 0 atom stereocenters. The molecule has 0 aliphatic carbocycles. The minimum absolute atomic E-state index is 0.0279. The predicted octanol–water partition coefficient (Wildman–Crippen LogP) is 2.39. The SMILES string of the molecule is COc1ccc([N+](=O)[O-])cc1OCc1nnc2n(C)c(=O)c3cc(C)ccc3n12. The number of nitrogens with zero attached hydrogens (tertiary/aromatic N) is 5. The van der Waals surface area contributed by atoms with Gasteiger partial charge in [-0.25, -0.2) is 0 Å². The molecule has 0 saturated heterocycles. The molecule has 148 valence electrons. The summed E-state index contributed by atoms with van der Waals surface area (Å²) >= 11 is 0. The molecule has 0 aliphatic rings. The van der Waals surface area contributed by atoms with E-state index in [-0.39, 0.29) is 23.6 Å². The first-order chi connectivity index (χ1) is 13.9. The highest BCUT2D eigenvalue weighted by Crippen LogP contribution is 2.31. The van der Waals surface area contributed by atoms with E-state index in [1.165, 1.54) is 29.9 Å². The Balaban J connectivity index is 1.81. The number of fused-ring (bicyclic) bond motifs is 3. The zero-order valence-corrected chi connectivity index (χ0v) is 15.9. The van der Waals surface area contributed by atoms with E-state index in [1.807, 2.05) is 25.1 Å². The highest BCUT2D eigenvalue weighted by molar-refractivity contribution is 5.81. The van der Waals surface area contributed by atoms with Crippen LogP contribution in [0.15, 0.2) is 41.2 Å². The van der Waals surface area contributed by atoms with E-state index in [1.54, 1.807) is 11.4 Å². The highest BCUT2D eigenvalue weighted by atomic mass is 16.6. The zero-order valence-electron chi connectivity index (χ0n) is 15.9. The number of aromatic nitrogens is 4. The van der Waals surface area contributed by atoms with Gasteiger partial charge >= 0.3 is 0 Å². The van der Waals surface area contributed by atoms with Crippen molar-refractivity contribution in [1.82, 2.24) is 19.2 Å². The van der Waals surface area contributed by atoms with Crippen LogP contribution in [0, 0.1) is 17.0 Å². The van der Waals surface area contributed by atoms with Gasteiger partial charge in [0.1, 0.15) is 6.61 Å². The fraction of sp³-hybridized carbons (Fsp3) is 0.211. The fourth-order valence-corrected chi connectivity index (χ4v) is 3.19. The molecule has 0 radical (unpaired) electrons. The Morgan fingerprint density at radius 3 is 2.66 bits per heavy atom. The molecular weight excluding hydrogens is 378 g/mol. The van der Waals surface area contributed by atoms with Gasteiger partial charge in [0.25, 0.3) is 11.2 Å². The summed E-state index contributed by atoms with van der Waals surface area (Å²) in [6.45, 7) is 1.88. The van der Waals surface area contributed by atoms with Crippen LogP contribution in [0.2, 0.25) is 0 Å². The van der Waals surface area contributed by atoms with Crippen molar-refractivity contribution in [2.24, 2.45) is 7.05 Å². The molecule has 0 bridgehead atoms. The standard InChI is InChI=1S/C19H17N5O5/c1-11-4-6-14-13(8-11)18(25)22(2)19-21-20-17(23(14)19)10-29-16-9-12(24(26)27)5-7-15(16)28-3/h4-9H,10H2,1-3H3. The molecule has 0 amide bonds. The van der Waals surface area contributed by atoms with Crippen LogP contribution >= 0.6 is 0 Å². The maximum atomic E-state index is 12.6. The van der Waals surface area contributed by atoms with Gasteiger partial charge in [-0.1, -0.05) is 11.6 Å². The maximum absolute atomic E-state index is 12.6. The average molecular weight is 395 g/mol. The number of hydrogen-bond acceptors (Lipinski definition) is 7. The van der Waals surface area contributed by atoms with Crippen molar-refractivity contribution in [2.75, 3.05) is 7.11 Å². The van der Waals surface area contributed by atoms with Gasteiger partial charge in [-0.15, -0.1) is 10.2 Å². The van der Waals surface area contributed by atoms with Crippen LogP contribution in [-0.2, 0) is 13.7 Å². The Morgan fingerprint density at radius 1 is 1.14 bits per heavy atom. The van der Waals surface area contributed by atoms with Crippen LogP contribution in [0.4, 0.5) is 5.69 Å². The van der Waals surface area contributed by atoms with Crippen LogP contribution in [-0.4, -0.2) is 31.2 Å². The van der Waals surface area contributed by atoms with E-state index in [0.29, 0.717) is 28.3 Å². The second-order valence-corrected chi connectivity index (χ2v) is 6.52. The molecule has 0 saturated carbocycles. The quantitative estimate of drug-likeness (QED) is 0.376. The van der Waals surface area contributed by atoms with Crippen molar-refractivity contribution in [3.05, 3.63) is 68.3 Å². The number of ether oxygens (including phenoxy) is 2. The van der Waals surface area contributed by atoms with Gasteiger partial charge in [0, 0.05) is 13.1 Å². The van der Waals surface area contributed by atoms with Gasteiger partial charge in [-0.2, -0.15) is 0 Å². The molecule has 10 heteroatoms. The van der Waals surface area contributed by atoms with Crippen molar-refractivity contribution in [3.8, 4) is 11.5 Å². The van der Waals surface area contributed by atoms with Crippen LogP contribution in [0.25, 0.3) is 16.7 Å². The Hall–Kier alpha value is -3.95.